The molecule has 1 aromatic heterocycles. The van der Waals surface area contributed by atoms with Gasteiger partial charge in [0.05, 0.1) is 36.7 Å². The lowest BCUT2D eigenvalue weighted by molar-refractivity contribution is -0.118. The maximum absolute atomic E-state index is 12.2. The number of ether oxygens (including phenoxy) is 1. The number of halogens is 4. The topological polar surface area (TPSA) is 90.8 Å². The van der Waals surface area contributed by atoms with Crippen LogP contribution in [0.4, 0.5) is 5.69 Å². The SMILES string of the molecule is N#C/C(=C\c1cc(Cl)c(OCC(=O)Nc2ccc(Cl)c(Cl)c2)c(Cl)c1)c1nc2ccccc2[nH]1. The highest BCUT2D eigenvalue weighted by Gasteiger charge is 2.14. The summed E-state index contributed by atoms with van der Waals surface area (Å²) in [5.74, 6) is 0.133. The van der Waals surface area contributed by atoms with Gasteiger partial charge in [-0.1, -0.05) is 58.5 Å². The first-order valence-corrected chi connectivity index (χ1v) is 11.3. The smallest absolute Gasteiger partial charge is 0.262 e. The predicted octanol–water partition coefficient (Wildman–Crippen LogP) is 7.26. The molecule has 2 N–H and O–H groups in total. The number of nitrogens with zero attached hydrogens (tertiary/aromatic N) is 2. The minimum atomic E-state index is -0.439. The van der Waals surface area contributed by atoms with Crippen LogP contribution in [0.1, 0.15) is 11.4 Å². The number of para-hydroxylation sites is 2. The van der Waals surface area contributed by atoms with Crippen LogP contribution in [0.25, 0.3) is 22.7 Å². The Balaban J connectivity index is 1.49. The zero-order valence-electron chi connectivity index (χ0n) is 17.2. The van der Waals surface area contributed by atoms with Crippen LogP contribution >= 0.6 is 46.4 Å². The van der Waals surface area contributed by atoms with Crippen LogP contribution < -0.4 is 10.1 Å². The van der Waals surface area contributed by atoms with E-state index in [1.807, 2.05) is 24.3 Å². The van der Waals surface area contributed by atoms with Crippen LogP contribution in [-0.2, 0) is 4.79 Å². The second-order valence-corrected chi connectivity index (χ2v) is 8.68. The van der Waals surface area contributed by atoms with Crippen molar-refractivity contribution in [2.24, 2.45) is 0 Å². The highest BCUT2D eigenvalue weighted by Crippen LogP contribution is 2.35. The van der Waals surface area contributed by atoms with Gasteiger partial charge in [0.15, 0.2) is 12.4 Å². The third kappa shape index (κ3) is 5.46. The van der Waals surface area contributed by atoms with Gasteiger partial charge in [0.1, 0.15) is 11.9 Å². The molecule has 1 amide bonds. The van der Waals surface area contributed by atoms with Gasteiger partial charge in [0.2, 0.25) is 0 Å². The summed E-state index contributed by atoms with van der Waals surface area (Å²) in [6.07, 6.45) is 1.61. The standard InChI is InChI=1S/C24H14Cl4N4O2/c25-16-6-5-15(10-17(16)26)30-22(33)12-34-23-18(27)8-13(9-19(23)28)7-14(11-29)24-31-20-3-1-2-4-21(20)32-24/h1-10H,12H2,(H,30,33)(H,31,32)/b14-7+. The molecule has 0 aliphatic carbocycles. The molecule has 0 aliphatic heterocycles. The van der Waals surface area contributed by atoms with Crippen molar-refractivity contribution in [2.75, 3.05) is 11.9 Å². The van der Waals surface area contributed by atoms with Crippen molar-refractivity contribution < 1.29 is 9.53 Å². The normalized spacial score (nSPS) is 11.3. The zero-order valence-corrected chi connectivity index (χ0v) is 20.2. The number of anilines is 1. The number of imidazole rings is 1. The first-order chi connectivity index (χ1) is 16.3. The Morgan fingerprint density at radius 1 is 1.03 bits per heavy atom. The number of carbonyl (C=O) groups excluding carboxylic acids is 1. The number of amides is 1. The number of allylic oxidation sites excluding steroid dienone is 1. The Kier molecular flexibility index (Phi) is 7.30. The number of hydrogen-bond donors (Lipinski definition) is 2. The number of hydrogen-bond acceptors (Lipinski definition) is 4. The molecule has 0 saturated carbocycles. The van der Waals surface area contributed by atoms with Gasteiger partial charge in [0, 0.05) is 5.69 Å². The van der Waals surface area contributed by atoms with E-state index in [1.165, 1.54) is 6.07 Å². The van der Waals surface area contributed by atoms with Crippen molar-refractivity contribution in [3.63, 3.8) is 0 Å². The molecule has 0 spiro atoms. The summed E-state index contributed by atoms with van der Waals surface area (Å²) >= 11 is 24.5. The molecule has 1 heterocycles. The van der Waals surface area contributed by atoms with E-state index in [9.17, 15) is 10.1 Å². The van der Waals surface area contributed by atoms with E-state index in [0.717, 1.165) is 11.0 Å². The third-order valence-electron chi connectivity index (χ3n) is 4.65. The summed E-state index contributed by atoms with van der Waals surface area (Å²) in [4.78, 5) is 19.8. The first kappa shape index (κ1) is 23.9. The molecule has 3 aromatic carbocycles. The van der Waals surface area contributed by atoms with Gasteiger partial charge < -0.3 is 15.0 Å². The summed E-state index contributed by atoms with van der Waals surface area (Å²) in [5.41, 5.74) is 2.91. The fraction of sp³-hybridized carbons (Fsp3) is 0.0417. The fourth-order valence-electron chi connectivity index (χ4n) is 3.11. The number of aromatic nitrogens is 2. The van der Waals surface area contributed by atoms with E-state index in [2.05, 4.69) is 21.4 Å². The Hall–Kier alpha value is -3.21. The van der Waals surface area contributed by atoms with Crippen LogP contribution in [-0.4, -0.2) is 22.5 Å². The average molecular weight is 532 g/mol. The van der Waals surface area contributed by atoms with Crippen LogP contribution in [0.3, 0.4) is 0 Å². The molecular weight excluding hydrogens is 518 g/mol. The van der Waals surface area contributed by atoms with Crippen molar-refractivity contribution in [1.82, 2.24) is 9.97 Å². The molecule has 0 aliphatic rings. The second kappa shape index (κ2) is 10.4. The number of H-pyrrole nitrogens is 1. The van der Waals surface area contributed by atoms with Gasteiger partial charge in [-0.15, -0.1) is 0 Å². The molecule has 6 nitrogen and oxygen atoms in total. The number of nitriles is 1. The molecule has 0 radical (unpaired) electrons. The van der Waals surface area contributed by atoms with Gasteiger partial charge in [-0.3, -0.25) is 4.79 Å². The van der Waals surface area contributed by atoms with E-state index >= 15 is 0 Å². The molecule has 0 atom stereocenters. The molecule has 0 unspecified atom stereocenters. The highest BCUT2D eigenvalue weighted by atomic mass is 35.5. The highest BCUT2D eigenvalue weighted by molar-refractivity contribution is 6.42. The molecule has 170 valence electrons. The molecular formula is C24H14Cl4N4O2. The summed E-state index contributed by atoms with van der Waals surface area (Å²) in [6.45, 7) is -0.336. The number of benzene rings is 3. The summed E-state index contributed by atoms with van der Waals surface area (Å²) < 4.78 is 5.53. The summed E-state index contributed by atoms with van der Waals surface area (Å²) in [5, 5.41) is 13.3. The summed E-state index contributed by atoms with van der Waals surface area (Å²) in [7, 11) is 0. The lowest BCUT2D eigenvalue weighted by atomic mass is 10.1. The molecule has 4 rings (SSSR count). The van der Waals surface area contributed by atoms with Crippen molar-refractivity contribution in [3.8, 4) is 11.8 Å². The monoisotopic (exact) mass is 530 g/mol. The minimum absolute atomic E-state index is 0.145. The van der Waals surface area contributed by atoms with Gasteiger partial charge in [-0.05, 0) is 54.1 Å². The van der Waals surface area contributed by atoms with Crippen molar-refractivity contribution in [2.45, 2.75) is 0 Å². The predicted molar refractivity (Wildman–Crippen MR) is 137 cm³/mol. The van der Waals surface area contributed by atoms with Gasteiger partial charge in [-0.25, -0.2) is 4.98 Å². The quantitative estimate of drug-likeness (QED) is 0.256. The molecule has 4 aromatic rings. The number of fused-ring (bicyclic) bond motifs is 1. The first-order valence-electron chi connectivity index (χ1n) is 9.77. The van der Waals surface area contributed by atoms with Crippen LogP contribution in [0, 0.1) is 11.3 Å². The van der Waals surface area contributed by atoms with E-state index in [-0.39, 0.29) is 22.4 Å². The molecule has 34 heavy (non-hydrogen) atoms. The molecule has 0 bridgehead atoms. The maximum Gasteiger partial charge on any atom is 0.262 e. The maximum atomic E-state index is 12.2. The third-order valence-corrected chi connectivity index (χ3v) is 5.95. The van der Waals surface area contributed by atoms with Crippen LogP contribution in [0.15, 0.2) is 54.6 Å². The number of carbonyl (C=O) groups is 1. The number of rotatable bonds is 6. The Bertz CT molecular complexity index is 1420. The van der Waals surface area contributed by atoms with E-state index < -0.39 is 5.91 Å². The van der Waals surface area contributed by atoms with Gasteiger partial charge in [0.25, 0.3) is 5.91 Å². The number of aromatic amines is 1. The molecule has 10 heteroatoms. The molecule has 0 fully saturated rings. The fourth-order valence-corrected chi connectivity index (χ4v) is 4.02. The Morgan fingerprint density at radius 3 is 2.44 bits per heavy atom. The second-order valence-electron chi connectivity index (χ2n) is 7.05. The average Bonchev–Trinajstić information content (AvgIpc) is 3.23. The Morgan fingerprint density at radius 2 is 1.76 bits per heavy atom. The van der Waals surface area contributed by atoms with Gasteiger partial charge >= 0.3 is 0 Å². The van der Waals surface area contributed by atoms with E-state index in [0.29, 0.717) is 32.7 Å². The van der Waals surface area contributed by atoms with Crippen LogP contribution in [0.5, 0.6) is 5.75 Å². The Labute approximate surface area is 214 Å². The minimum Gasteiger partial charge on any atom is -0.481 e. The lowest BCUT2D eigenvalue weighted by Gasteiger charge is -2.11. The lowest BCUT2D eigenvalue weighted by Crippen LogP contribution is -2.20. The summed E-state index contributed by atoms with van der Waals surface area (Å²) in [6, 6.07) is 17.5. The van der Waals surface area contributed by atoms with E-state index in [4.69, 9.17) is 51.1 Å². The number of nitrogens with one attached hydrogen (secondary N) is 2. The van der Waals surface area contributed by atoms with Crippen molar-refractivity contribution in [1.29, 1.82) is 5.26 Å². The molecule has 0 saturated heterocycles. The van der Waals surface area contributed by atoms with Gasteiger partial charge in [-0.2, -0.15) is 5.26 Å². The zero-order chi connectivity index (χ0) is 24.2. The largest absolute Gasteiger partial charge is 0.481 e. The van der Waals surface area contributed by atoms with Crippen LogP contribution in [0.2, 0.25) is 20.1 Å². The van der Waals surface area contributed by atoms with Crippen molar-refractivity contribution >= 4 is 80.7 Å². The van der Waals surface area contributed by atoms with E-state index in [1.54, 1.807) is 30.3 Å². The van der Waals surface area contributed by atoms with Crippen molar-refractivity contribution in [3.05, 3.63) is 86.1 Å².